The van der Waals surface area contributed by atoms with Gasteiger partial charge in [-0.25, -0.2) is 0 Å². The molecule has 1 aliphatic rings. The third-order valence-electron chi connectivity index (χ3n) is 1.44. The highest BCUT2D eigenvalue weighted by Gasteiger charge is 2.07. The highest BCUT2D eigenvalue weighted by atomic mass is 35.5. The maximum absolute atomic E-state index is 11.1. The Morgan fingerprint density at radius 2 is 2.54 bits per heavy atom. The predicted molar refractivity (Wildman–Crippen MR) is 50.9 cm³/mol. The van der Waals surface area contributed by atoms with Gasteiger partial charge >= 0.3 is 0 Å². The summed E-state index contributed by atoms with van der Waals surface area (Å²) in [6, 6.07) is 0. The van der Waals surface area contributed by atoms with Crippen LogP contribution in [0.2, 0.25) is 0 Å². The van der Waals surface area contributed by atoms with Gasteiger partial charge in [0.05, 0.1) is 6.61 Å². The van der Waals surface area contributed by atoms with E-state index in [1.54, 1.807) is 18.2 Å². The number of nitrogens with one attached hydrogen (secondary N) is 1. The van der Waals surface area contributed by atoms with Crippen LogP contribution in [-0.4, -0.2) is 12.4 Å². The van der Waals surface area contributed by atoms with Crippen molar-refractivity contribution in [1.82, 2.24) is 5.48 Å². The Balaban J connectivity index is 2.28. The summed E-state index contributed by atoms with van der Waals surface area (Å²) in [5.41, 5.74) is 4.39. The smallest absolute Gasteiger partial charge is 0.203 e. The first-order chi connectivity index (χ1) is 6.34. The summed E-state index contributed by atoms with van der Waals surface area (Å²) in [6.45, 7) is 0.331. The molecular formula is C9H10ClNO2. The van der Waals surface area contributed by atoms with E-state index in [1.807, 2.05) is 0 Å². The van der Waals surface area contributed by atoms with E-state index >= 15 is 0 Å². The average Bonchev–Trinajstić information content (AvgIpc) is 2.15. The van der Waals surface area contributed by atoms with Crippen LogP contribution in [0, 0.1) is 0 Å². The van der Waals surface area contributed by atoms with Crippen molar-refractivity contribution in [2.24, 2.45) is 0 Å². The zero-order valence-electron chi connectivity index (χ0n) is 7.00. The second-order valence-corrected chi connectivity index (χ2v) is 2.65. The SMILES string of the molecule is O=C1C=CCC=C1NOCC=CCl. The molecule has 0 saturated carbocycles. The molecule has 1 N–H and O–H groups in total. The highest BCUT2D eigenvalue weighted by Crippen LogP contribution is 2.03. The standard InChI is InChI=1S/C9H10ClNO2/c10-6-3-7-13-11-8-4-1-2-5-9(8)12/h2-6,11H,1,7H2. The van der Waals surface area contributed by atoms with Gasteiger partial charge in [-0.05, 0) is 18.6 Å². The predicted octanol–water partition coefficient (Wildman–Crippen LogP) is 1.67. The molecule has 13 heavy (non-hydrogen) atoms. The number of hydroxylamine groups is 1. The Kier molecular flexibility index (Phi) is 4.29. The topological polar surface area (TPSA) is 38.3 Å². The number of ketones is 1. The molecule has 0 fully saturated rings. The number of hydrogen-bond acceptors (Lipinski definition) is 3. The summed E-state index contributed by atoms with van der Waals surface area (Å²) in [5, 5.41) is 0. The van der Waals surface area contributed by atoms with E-state index in [9.17, 15) is 4.79 Å². The number of hydrogen-bond donors (Lipinski definition) is 1. The molecule has 4 heteroatoms. The van der Waals surface area contributed by atoms with Crippen molar-refractivity contribution in [3.8, 4) is 0 Å². The third-order valence-corrected chi connectivity index (χ3v) is 1.62. The van der Waals surface area contributed by atoms with Crippen LogP contribution in [0.4, 0.5) is 0 Å². The molecule has 0 aromatic heterocycles. The molecule has 0 saturated heterocycles. The summed E-state index contributed by atoms with van der Waals surface area (Å²) in [5.74, 6) is -0.0684. The first-order valence-electron chi connectivity index (χ1n) is 3.88. The molecular weight excluding hydrogens is 190 g/mol. The van der Waals surface area contributed by atoms with E-state index < -0.39 is 0 Å². The first-order valence-corrected chi connectivity index (χ1v) is 4.32. The number of allylic oxidation sites excluding steroid dienone is 3. The highest BCUT2D eigenvalue weighted by molar-refractivity contribution is 6.25. The van der Waals surface area contributed by atoms with E-state index in [1.165, 1.54) is 11.6 Å². The van der Waals surface area contributed by atoms with E-state index in [0.29, 0.717) is 12.3 Å². The van der Waals surface area contributed by atoms with Crippen molar-refractivity contribution in [1.29, 1.82) is 0 Å². The lowest BCUT2D eigenvalue weighted by atomic mass is 10.1. The van der Waals surface area contributed by atoms with Crippen LogP contribution in [0.3, 0.4) is 0 Å². The number of carbonyl (C=O) groups is 1. The Morgan fingerprint density at radius 3 is 3.23 bits per heavy atom. The second kappa shape index (κ2) is 5.56. The molecule has 0 radical (unpaired) electrons. The van der Waals surface area contributed by atoms with Gasteiger partial charge in [0.25, 0.3) is 0 Å². The fraction of sp³-hybridized carbons (Fsp3) is 0.222. The molecule has 0 spiro atoms. The zero-order chi connectivity index (χ0) is 9.52. The molecule has 1 rings (SSSR count). The fourth-order valence-electron chi connectivity index (χ4n) is 0.847. The van der Waals surface area contributed by atoms with Gasteiger partial charge in [0.1, 0.15) is 5.70 Å². The lowest BCUT2D eigenvalue weighted by Crippen LogP contribution is -2.21. The second-order valence-electron chi connectivity index (χ2n) is 2.39. The number of carbonyl (C=O) groups excluding carboxylic acids is 1. The van der Waals surface area contributed by atoms with Crippen LogP contribution in [0.15, 0.2) is 35.5 Å². The summed E-state index contributed by atoms with van der Waals surface area (Å²) >= 11 is 5.27. The molecule has 3 nitrogen and oxygen atoms in total. The van der Waals surface area contributed by atoms with Crippen LogP contribution >= 0.6 is 11.6 Å². The van der Waals surface area contributed by atoms with Crippen molar-refractivity contribution in [3.05, 3.63) is 35.5 Å². The summed E-state index contributed by atoms with van der Waals surface area (Å²) in [6.07, 6.45) is 7.46. The fourth-order valence-corrected chi connectivity index (χ4v) is 0.920. The molecule has 70 valence electrons. The van der Waals surface area contributed by atoms with Gasteiger partial charge in [-0.3, -0.25) is 15.1 Å². The maximum atomic E-state index is 11.1. The van der Waals surface area contributed by atoms with Gasteiger partial charge in [-0.15, -0.1) is 0 Å². The average molecular weight is 200 g/mol. The molecule has 0 atom stereocenters. The molecule has 0 aromatic rings. The van der Waals surface area contributed by atoms with Crippen LogP contribution in [0.1, 0.15) is 6.42 Å². The van der Waals surface area contributed by atoms with Crippen molar-refractivity contribution in [3.63, 3.8) is 0 Å². The molecule has 0 heterocycles. The van der Waals surface area contributed by atoms with Gasteiger partial charge < -0.3 is 0 Å². The van der Waals surface area contributed by atoms with Crippen molar-refractivity contribution in [2.45, 2.75) is 6.42 Å². The van der Waals surface area contributed by atoms with Crippen LogP contribution in [0.5, 0.6) is 0 Å². The number of rotatable bonds is 4. The Labute approximate surface area is 81.7 Å². The number of halogens is 1. The minimum absolute atomic E-state index is 0.0684. The lowest BCUT2D eigenvalue weighted by Gasteiger charge is -2.08. The van der Waals surface area contributed by atoms with Gasteiger partial charge in [-0.2, -0.15) is 0 Å². The monoisotopic (exact) mass is 199 g/mol. The molecule has 1 aliphatic carbocycles. The van der Waals surface area contributed by atoms with Crippen LogP contribution in [-0.2, 0) is 9.63 Å². The van der Waals surface area contributed by atoms with E-state index in [-0.39, 0.29) is 5.78 Å². The van der Waals surface area contributed by atoms with Crippen LogP contribution < -0.4 is 5.48 Å². The van der Waals surface area contributed by atoms with Crippen molar-refractivity contribution >= 4 is 17.4 Å². The normalized spacial score (nSPS) is 16.4. The largest absolute Gasteiger partial charge is 0.288 e. The molecule has 0 aliphatic heterocycles. The lowest BCUT2D eigenvalue weighted by molar-refractivity contribution is -0.113. The molecule has 0 amide bonds. The van der Waals surface area contributed by atoms with Crippen LogP contribution in [0.25, 0.3) is 0 Å². The summed E-state index contributed by atoms with van der Waals surface area (Å²) in [4.78, 5) is 16.1. The van der Waals surface area contributed by atoms with E-state index in [4.69, 9.17) is 16.4 Å². The van der Waals surface area contributed by atoms with Gasteiger partial charge in [0.2, 0.25) is 5.78 Å². The summed E-state index contributed by atoms with van der Waals surface area (Å²) < 4.78 is 0. The molecule has 0 unspecified atom stereocenters. The van der Waals surface area contributed by atoms with E-state index in [0.717, 1.165) is 6.42 Å². The minimum Gasteiger partial charge on any atom is -0.288 e. The van der Waals surface area contributed by atoms with Gasteiger partial charge in [0, 0.05) is 5.54 Å². The van der Waals surface area contributed by atoms with E-state index in [2.05, 4.69) is 5.48 Å². The Bertz CT molecular complexity index is 269. The molecule has 0 bridgehead atoms. The molecule has 0 aromatic carbocycles. The Morgan fingerprint density at radius 1 is 1.69 bits per heavy atom. The van der Waals surface area contributed by atoms with Gasteiger partial charge in [0.15, 0.2) is 0 Å². The maximum Gasteiger partial charge on any atom is 0.203 e. The quantitative estimate of drug-likeness (QED) is 0.553. The zero-order valence-corrected chi connectivity index (χ0v) is 7.75. The first kappa shape index (κ1) is 10.0. The van der Waals surface area contributed by atoms with Crippen molar-refractivity contribution < 1.29 is 9.63 Å². The Hall–Kier alpha value is -1.06. The minimum atomic E-state index is -0.0684. The van der Waals surface area contributed by atoms with Crippen molar-refractivity contribution in [2.75, 3.05) is 6.61 Å². The summed E-state index contributed by atoms with van der Waals surface area (Å²) in [7, 11) is 0. The third kappa shape index (κ3) is 3.44. The van der Waals surface area contributed by atoms with Gasteiger partial charge in [-0.1, -0.05) is 23.8 Å².